The minimum Gasteiger partial charge on any atom is -0.457 e. The lowest BCUT2D eigenvalue weighted by molar-refractivity contribution is 0.0701. The summed E-state index contributed by atoms with van der Waals surface area (Å²) in [7, 11) is 0. The number of hydrazone groups is 1. The molecule has 1 heterocycles. The number of hydrogen-bond donors (Lipinski definition) is 1. The molecule has 3 rings (SSSR count). The number of rotatable bonds is 5. The fourth-order valence-corrected chi connectivity index (χ4v) is 2.36. The van der Waals surface area contributed by atoms with E-state index in [1.807, 2.05) is 0 Å². The minimum absolute atomic E-state index is 0.0798. The van der Waals surface area contributed by atoms with Gasteiger partial charge in [0, 0.05) is 16.1 Å². The number of hydrogen-bond acceptors (Lipinski definition) is 6. The van der Waals surface area contributed by atoms with Crippen molar-refractivity contribution in [1.82, 2.24) is 0 Å². The Morgan fingerprint density at radius 2 is 1.62 bits per heavy atom. The molecule has 0 amide bonds. The molecular formula is C19H13ClN2O4. The zero-order valence-corrected chi connectivity index (χ0v) is 14.1. The van der Waals surface area contributed by atoms with E-state index in [2.05, 4.69) is 5.10 Å². The van der Waals surface area contributed by atoms with Crippen molar-refractivity contribution in [2.75, 3.05) is 0 Å². The summed E-state index contributed by atoms with van der Waals surface area (Å²) in [4.78, 5) is 24.4. The van der Waals surface area contributed by atoms with Gasteiger partial charge in [0.05, 0.1) is 6.26 Å². The number of nitrogens with two attached hydrogens (primary N) is 1. The fraction of sp³-hybridized carbons (Fsp3) is 0. The number of ether oxygens (including phenoxy) is 1. The van der Waals surface area contributed by atoms with Gasteiger partial charge in [-0.25, -0.2) is 4.79 Å². The fourth-order valence-electron chi connectivity index (χ4n) is 2.24. The lowest BCUT2D eigenvalue weighted by Crippen LogP contribution is -2.18. The molecule has 1 aromatic heterocycles. The van der Waals surface area contributed by atoms with Crippen LogP contribution in [-0.2, 0) is 0 Å². The van der Waals surface area contributed by atoms with Crippen molar-refractivity contribution in [2.45, 2.75) is 0 Å². The highest BCUT2D eigenvalue weighted by Gasteiger charge is 2.17. The molecule has 130 valence electrons. The predicted molar refractivity (Wildman–Crippen MR) is 96.6 cm³/mol. The molecule has 0 saturated heterocycles. The molecule has 0 saturated carbocycles. The molecule has 0 unspecified atom stereocenters. The van der Waals surface area contributed by atoms with Crippen molar-refractivity contribution in [2.24, 2.45) is 10.9 Å². The molecule has 2 aromatic carbocycles. The summed E-state index contributed by atoms with van der Waals surface area (Å²) in [5, 5.41) is 4.12. The summed E-state index contributed by atoms with van der Waals surface area (Å²) < 4.78 is 10.2. The number of nitrogens with zero attached hydrogens (tertiary/aromatic N) is 1. The summed E-state index contributed by atoms with van der Waals surface area (Å²) >= 11 is 5.83. The Morgan fingerprint density at radius 3 is 2.19 bits per heavy atom. The smallest absolute Gasteiger partial charge is 0.379 e. The van der Waals surface area contributed by atoms with Gasteiger partial charge in [0.15, 0.2) is 0 Å². The summed E-state index contributed by atoms with van der Waals surface area (Å²) in [6, 6.07) is 15.7. The molecule has 7 heteroatoms. The quantitative estimate of drug-likeness (QED) is 0.185. The highest BCUT2D eigenvalue weighted by Crippen LogP contribution is 2.17. The highest BCUT2D eigenvalue weighted by molar-refractivity contribution is 6.51. The molecule has 0 aliphatic carbocycles. The topological polar surface area (TPSA) is 94.9 Å². The number of carbonyl (C=O) groups is 2. The average Bonchev–Trinajstić information content (AvgIpc) is 3.19. The Hall–Kier alpha value is -3.38. The second-order valence-electron chi connectivity index (χ2n) is 5.20. The van der Waals surface area contributed by atoms with Crippen LogP contribution >= 0.6 is 11.6 Å². The summed E-state index contributed by atoms with van der Waals surface area (Å²) in [5.41, 5.74) is 0.980. The van der Waals surface area contributed by atoms with Gasteiger partial charge in [-0.2, -0.15) is 5.10 Å². The van der Waals surface area contributed by atoms with E-state index < -0.39 is 5.97 Å². The second-order valence-corrected chi connectivity index (χ2v) is 5.64. The monoisotopic (exact) mass is 368 g/mol. The van der Waals surface area contributed by atoms with Gasteiger partial charge in [0.25, 0.3) is 0 Å². The number of furan rings is 1. The molecule has 6 nitrogen and oxygen atoms in total. The summed E-state index contributed by atoms with van der Waals surface area (Å²) in [5.74, 6) is 4.83. The first-order chi connectivity index (χ1) is 12.6. The predicted octanol–water partition coefficient (Wildman–Crippen LogP) is 3.70. The molecule has 0 aliphatic rings. The first kappa shape index (κ1) is 17.4. The molecule has 2 N–H and O–H groups in total. The van der Waals surface area contributed by atoms with Gasteiger partial charge in [0.2, 0.25) is 11.5 Å². The van der Waals surface area contributed by atoms with Crippen molar-refractivity contribution < 1.29 is 18.7 Å². The minimum atomic E-state index is -0.618. The Balaban J connectivity index is 1.77. The second kappa shape index (κ2) is 7.67. The SMILES string of the molecule is N/N=C(/C(=O)c1ccc(Cl)cc1)c1ccc(OC(=O)c2ccco2)cc1. The largest absolute Gasteiger partial charge is 0.457 e. The molecule has 0 bridgehead atoms. The number of halogens is 1. The van der Waals surface area contributed by atoms with Crippen LogP contribution in [0.4, 0.5) is 0 Å². The highest BCUT2D eigenvalue weighted by atomic mass is 35.5. The third-order valence-electron chi connectivity index (χ3n) is 3.51. The van der Waals surface area contributed by atoms with Crippen molar-refractivity contribution in [3.05, 3.63) is 88.8 Å². The van der Waals surface area contributed by atoms with Gasteiger partial charge in [-0.05, 0) is 60.7 Å². The van der Waals surface area contributed by atoms with Crippen LogP contribution in [0.3, 0.4) is 0 Å². The van der Waals surface area contributed by atoms with Crippen LogP contribution < -0.4 is 10.6 Å². The van der Waals surface area contributed by atoms with Gasteiger partial charge in [-0.3, -0.25) is 4.79 Å². The van der Waals surface area contributed by atoms with Gasteiger partial charge >= 0.3 is 5.97 Å². The normalized spacial score (nSPS) is 11.2. The van der Waals surface area contributed by atoms with Crippen molar-refractivity contribution in [3.63, 3.8) is 0 Å². The van der Waals surface area contributed by atoms with Crippen molar-refractivity contribution in [1.29, 1.82) is 0 Å². The van der Waals surface area contributed by atoms with Crippen LogP contribution in [0, 0.1) is 0 Å². The van der Waals surface area contributed by atoms with Crippen molar-refractivity contribution >= 4 is 29.1 Å². The zero-order valence-electron chi connectivity index (χ0n) is 13.4. The molecule has 3 aromatic rings. The lowest BCUT2D eigenvalue weighted by atomic mass is 10.0. The summed E-state index contributed by atoms with van der Waals surface area (Å²) in [6.07, 6.45) is 1.38. The van der Waals surface area contributed by atoms with E-state index >= 15 is 0 Å². The Morgan fingerprint density at radius 1 is 0.962 bits per heavy atom. The van der Waals surface area contributed by atoms with Gasteiger partial charge in [-0.1, -0.05) is 11.6 Å². The maximum absolute atomic E-state index is 12.6. The maximum atomic E-state index is 12.6. The molecule has 0 fully saturated rings. The molecular weight excluding hydrogens is 356 g/mol. The number of esters is 1. The standard InChI is InChI=1S/C19H13ClN2O4/c20-14-7-3-13(4-8-14)18(23)17(22-21)12-5-9-15(10-6-12)26-19(24)16-2-1-11-25-16/h1-11H,21H2/b22-17+. The lowest BCUT2D eigenvalue weighted by Gasteiger charge is -2.07. The van der Waals surface area contributed by atoms with Crippen molar-refractivity contribution in [3.8, 4) is 5.75 Å². The van der Waals surface area contributed by atoms with Crippen LogP contribution in [0.2, 0.25) is 5.02 Å². The van der Waals surface area contributed by atoms with Crippen LogP contribution in [0.1, 0.15) is 26.5 Å². The zero-order chi connectivity index (χ0) is 18.5. The van der Waals surface area contributed by atoms with E-state index in [1.54, 1.807) is 42.5 Å². The Bertz CT molecular complexity index is 946. The Labute approximate surface area is 153 Å². The molecule has 0 atom stereocenters. The number of ketones is 1. The Kier molecular flexibility index (Phi) is 5.15. The van der Waals surface area contributed by atoms with E-state index in [4.69, 9.17) is 26.6 Å². The molecule has 0 radical (unpaired) electrons. The molecule has 0 spiro atoms. The van der Waals surface area contributed by atoms with Crippen LogP contribution in [0.25, 0.3) is 0 Å². The van der Waals surface area contributed by atoms with Gasteiger partial charge < -0.3 is 15.0 Å². The molecule has 26 heavy (non-hydrogen) atoms. The van der Waals surface area contributed by atoms with E-state index in [9.17, 15) is 9.59 Å². The summed E-state index contributed by atoms with van der Waals surface area (Å²) in [6.45, 7) is 0. The number of Topliss-reactive ketones (excluding diaryl/α,β-unsaturated/α-hetero) is 1. The van der Waals surface area contributed by atoms with E-state index in [-0.39, 0.29) is 17.3 Å². The van der Waals surface area contributed by atoms with Crippen LogP contribution in [0.15, 0.2) is 76.4 Å². The maximum Gasteiger partial charge on any atom is 0.379 e. The third kappa shape index (κ3) is 3.81. The number of benzene rings is 2. The average molecular weight is 369 g/mol. The van der Waals surface area contributed by atoms with Gasteiger partial charge in [0.1, 0.15) is 11.5 Å². The third-order valence-corrected chi connectivity index (χ3v) is 3.76. The van der Waals surface area contributed by atoms with Crippen LogP contribution in [0.5, 0.6) is 5.75 Å². The first-order valence-electron chi connectivity index (χ1n) is 7.53. The van der Waals surface area contributed by atoms with Gasteiger partial charge in [-0.15, -0.1) is 0 Å². The molecule has 0 aliphatic heterocycles. The number of carbonyl (C=O) groups excluding carboxylic acids is 2. The van der Waals surface area contributed by atoms with E-state index in [0.717, 1.165) is 0 Å². The first-order valence-corrected chi connectivity index (χ1v) is 7.90. The van der Waals surface area contributed by atoms with Crippen LogP contribution in [-0.4, -0.2) is 17.5 Å². The van der Waals surface area contributed by atoms with E-state index in [0.29, 0.717) is 21.9 Å². The van der Waals surface area contributed by atoms with E-state index in [1.165, 1.54) is 24.5 Å².